The molecule has 15 heavy (non-hydrogen) atoms. The summed E-state index contributed by atoms with van der Waals surface area (Å²) in [5.74, 6) is 0.603. The third-order valence-corrected chi connectivity index (χ3v) is 3.48. The van der Waals surface area contributed by atoms with Crippen LogP contribution in [0.3, 0.4) is 0 Å². The molecule has 4 heteroatoms. The van der Waals surface area contributed by atoms with Gasteiger partial charge in [0.05, 0.1) is 6.04 Å². The van der Waals surface area contributed by atoms with E-state index in [4.69, 9.17) is 5.73 Å². The number of hydrogen-bond donors (Lipinski definition) is 2. The van der Waals surface area contributed by atoms with E-state index in [1.807, 2.05) is 11.6 Å². The number of aromatic nitrogens is 1. The summed E-state index contributed by atoms with van der Waals surface area (Å²) in [4.78, 5) is 4.34. The van der Waals surface area contributed by atoms with Crippen molar-refractivity contribution in [3.05, 3.63) is 16.6 Å². The van der Waals surface area contributed by atoms with Crippen molar-refractivity contribution < 1.29 is 0 Å². The SMILES string of the molecule is CCC(NCCC(C)CN)c1nccs1. The molecule has 1 aromatic heterocycles. The van der Waals surface area contributed by atoms with Gasteiger partial charge in [0.1, 0.15) is 5.01 Å². The van der Waals surface area contributed by atoms with E-state index in [2.05, 4.69) is 24.1 Å². The molecule has 0 bridgehead atoms. The molecule has 2 unspecified atom stereocenters. The van der Waals surface area contributed by atoms with Gasteiger partial charge >= 0.3 is 0 Å². The predicted octanol–water partition coefficient (Wildman–Crippen LogP) is 2.17. The summed E-state index contributed by atoms with van der Waals surface area (Å²) in [5, 5.41) is 6.75. The third-order valence-electron chi connectivity index (χ3n) is 2.59. The molecule has 1 rings (SSSR count). The number of thiazole rings is 1. The van der Waals surface area contributed by atoms with Gasteiger partial charge in [-0.15, -0.1) is 11.3 Å². The van der Waals surface area contributed by atoms with Gasteiger partial charge in [0.25, 0.3) is 0 Å². The lowest BCUT2D eigenvalue weighted by molar-refractivity contribution is 0.456. The third kappa shape index (κ3) is 4.28. The molecule has 0 aromatic carbocycles. The summed E-state index contributed by atoms with van der Waals surface area (Å²) in [7, 11) is 0. The van der Waals surface area contributed by atoms with Crippen LogP contribution in [-0.2, 0) is 0 Å². The second-order valence-electron chi connectivity index (χ2n) is 3.91. The number of hydrogen-bond acceptors (Lipinski definition) is 4. The van der Waals surface area contributed by atoms with Gasteiger partial charge in [-0.2, -0.15) is 0 Å². The molecule has 0 spiro atoms. The Labute approximate surface area is 96.1 Å². The van der Waals surface area contributed by atoms with Crippen LogP contribution < -0.4 is 11.1 Å². The highest BCUT2D eigenvalue weighted by atomic mass is 32.1. The van der Waals surface area contributed by atoms with Crippen LogP contribution in [0.2, 0.25) is 0 Å². The van der Waals surface area contributed by atoms with Gasteiger partial charge in [-0.3, -0.25) is 0 Å². The first-order chi connectivity index (χ1) is 7.27. The van der Waals surface area contributed by atoms with Gasteiger partial charge < -0.3 is 11.1 Å². The molecule has 1 aromatic rings. The van der Waals surface area contributed by atoms with Crippen LogP contribution in [0, 0.1) is 5.92 Å². The normalized spacial score (nSPS) is 15.1. The van der Waals surface area contributed by atoms with Gasteiger partial charge in [0, 0.05) is 11.6 Å². The van der Waals surface area contributed by atoms with Crippen LogP contribution in [0.4, 0.5) is 0 Å². The summed E-state index contributed by atoms with van der Waals surface area (Å²) >= 11 is 1.72. The molecule has 0 aliphatic rings. The summed E-state index contributed by atoms with van der Waals surface area (Å²) in [6.07, 6.45) is 4.09. The molecule has 0 radical (unpaired) electrons. The Bertz CT molecular complexity index is 248. The quantitative estimate of drug-likeness (QED) is 0.750. The minimum absolute atomic E-state index is 0.412. The van der Waals surface area contributed by atoms with E-state index in [1.54, 1.807) is 11.3 Å². The zero-order valence-electron chi connectivity index (χ0n) is 9.57. The molecular weight excluding hydrogens is 206 g/mol. The first kappa shape index (κ1) is 12.6. The minimum Gasteiger partial charge on any atom is -0.330 e. The zero-order chi connectivity index (χ0) is 11.1. The largest absolute Gasteiger partial charge is 0.330 e. The number of rotatable bonds is 7. The summed E-state index contributed by atoms with van der Waals surface area (Å²) < 4.78 is 0. The minimum atomic E-state index is 0.412. The molecule has 0 fully saturated rings. The van der Waals surface area contributed by atoms with E-state index in [0.29, 0.717) is 12.0 Å². The van der Waals surface area contributed by atoms with Gasteiger partial charge in [0.2, 0.25) is 0 Å². The Balaban J connectivity index is 2.29. The fourth-order valence-corrected chi connectivity index (χ4v) is 2.23. The molecule has 0 saturated carbocycles. The van der Waals surface area contributed by atoms with Crippen LogP contribution in [-0.4, -0.2) is 18.1 Å². The molecule has 0 amide bonds. The van der Waals surface area contributed by atoms with Crippen LogP contribution in [0.1, 0.15) is 37.7 Å². The van der Waals surface area contributed by atoms with Crippen molar-refractivity contribution in [2.75, 3.05) is 13.1 Å². The van der Waals surface area contributed by atoms with E-state index in [0.717, 1.165) is 25.9 Å². The standard InChI is InChI=1S/C11H21N3S/c1-3-10(11-14-6-7-15-11)13-5-4-9(2)8-12/h6-7,9-10,13H,3-5,8,12H2,1-2H3. The van der Waals surface area contributed by atoms with Crippen molar-refractivity contribution >= 4 is 11.3 Å². The number of nitrogens with one attached hydrogen (secondary N) is 1. The van der Waals surface area contributed by atoms with Gasteiger partial charge in [-0.1, -0.05) is 13.8 Å². The van der Waals surface area contributed by atoms with Crippen molar-refractivity contribution in [3.8, 4) is 0 Å². The van der Waals surface area contributed by atoms with E-state index in [1.165, 1.54) is 5.01 Å². The van der Waals surface area contributed by atoms with E-state index < -0.39 is 0 Å². The molecule has 0 saturated heterocycles. The van der Waals surface area contributed by atoms with Gasteiger partial charge in [-0.05, 0) is 31.8 Å². The second-order valence-corrected chi connectivity index (χ2v) is 4.84. The Kier molecular flexibility index (Phi) is 5.83. The molecule has 0 aliphatic heterocycles. The zero-order valence-corrected chi connectivity index (χ0v) is 10.4. The highest BCUT2D eigenvalue weighted by Gasteiger charge is 2.10. The fraction of sp³-hybridized carbons (Fsp3) is 0.727. The maximum atomic E-state index is 5.58. The van der Waals surface area contributed by atoms with Crippen LogP contribution in [0.15, 0.2) is 11.6 Å². The lowest BCUT2D eigenvalue weighted by Crippen LogP contribution is -2.24. The van der Waals surface area contributed by atoms with Crippen molar-refractivity contribution in [3.63, 3.8) is 0 Å². The molecule has 0 aliphatic carbocycles. The van der Waals surface area contributed by atoms with Crippen LogP contribution >= 0.6 is 11.3 Å². The summed E-state index contributed by atoms with van der Waals surface area (Å²) in [5.41, 5.74) is 5.58. The lowest BCUT2D eigenvalue weighted by atomic mass is 10.1. The molecule has 3 N–H and O–H groups in total. The first-order valence-corrected chi connectivity index (χ1v) is 6.48. The number of nitrogens with zero attached hydrogens (tertiary/aromatic N) is 1. The second kappa shape index (κ2) is 6.93. The summed E-state index contributed by atoms with van der Waals surface area (Å²) in [6, 6.07) is 0.412. The molecule has 86 valence electrons. The average Bonchev–Trinajstić information content (AvgIpc) is 2.77. The molecular formula is C11H21N3S. The molecule has 3 nitrogen and oxygen atoms in total. The predicted molar refractivity (Wildman–Crippen MR) is 66.0 cm³/mol. The van der Waals surface area contributed by atoms with E-state index in [9.17, 15) is 0 Å². The highest BCUT2D eigenvalue weighted by Crippen LogP contribution is 2.18. The van der Waals surface area contributed by atoms with Crippen molar-refractivity contribution in [1.82, 2.24) is 10.3 Å². The maximum absolute atomic E-state index is 5.58. The topological polar surface area (TPSA) is 50.9 Å². The highest BCUT2D eigenvalue weighted by molar-refractivity contribution is 7.09. The average molecular weight is 227 g/mol. The van der Waals surface area contributed by atoms with Gasteiger partial charge in [0.15, 0.2) is 0 Å². The van der Waals surface area contributed by atoms with E-state index in [-0.39, 0.29) is 0 Å². The van der Waals surface area contributed by atoms with Crippen molar-refractivity contribution in [1.29, 1.82) is 0 Å². The summed E-state index contributed by atoms with van der Waals surface area (Å²) in [6.45, 7) is 6.17. The Morgan fingerprint density at radius 2 is 2.40 bits per heavy atom. The van der Waals surface area contributed by atoms with Crippen molar-refractivity contribution in [2.24, 2.45) is 11.7 Å². The van der Waals surface area contributed by atoms with Crippen LogP contribution in [0.5, 0.6) is 0 Å². The lowest BCUT2D eigenvalue weighted by Gasteiger charge is -2.15. The van der Waals surface area contributed by atoms with Gasteiger partial charge in [-0.25, -0.2) is 4.98 Å². The smallest absolute Gasteiger partial charge is 0.109 e. The number of nitrogens with two attached hydrogens (primary N) is 1. The fourth-order valence-electron chi connectivity index (χ4n) is 1.43. The monoisotopic (exact) mass is 227 g/mol. The van der Waals surface area contributed by atoms with Crippen molar-refractivity contribution in [2.45, 2.75) is 32.7 Å². The first-order valence-electron chi connectivity index (χ1n) is 5.60. The van der Waals surface area contributed by atoms with Crippen LogP contribution in [0.25, 0.3) is 0 Å². The molecule has 2 atom stereocenters. The van der Waals surface area contributed by atoms with E-state index >= 15 is 0 Å². The Morgan fingerprint density at radius 3 is 2.93 bits per heavy atom. The Hall–Kier alpha value is -0.450. The molecule has 1 heterocycles. The Morgan fingerprint density at radius 1 is 1.60 bits per heavy atom. The maximum Gasteiger partial charge on any atom is 0.109 e.